The smallest absolute Gasteiger partial charge is 0.338 e. The van der Waals surface area contributed by atoms with Crippen LogP contribution in [0.2, 0.25) is 0 Å². The van der Waals surface area contributed by atoms with Crippen molar-refractivity contribution >= 4 is 18.0 Å². The monoisotopic (exact) mass is 276 g/mol. The first-order valence-corrected chi connectivity index (χ1v) is 6.15. The molecular formula is C15H16O5. The molecule has 0 aliphatic carbocycles. The van der Waals surface area contributed by atoms with Gasteiger partial charge in [0.25, 0.3) is 0 Å². The number of ether oxygens (including phenoxy) is 3. The zero-order valence-electron chi connectivity index (χ0n) is 11.9. The number of methoxy groups -OCH3 is 1. The SMILES string of the molecule is COC(=O)c1cc2c(c(OC(C)=O)c1)OC(C)(C)C=C2. The Balaban J connectivity index is 2.56. The van der Waals surface area contributed by atoms with Gasteiger partial charge in [0.1, 0.15) is 5.60 Å². The highest BCUT2D eigenvalue weighted by molar-refractivity contribution is 5.92. The molecule has 0 amide bonds. The Morgan fingerprint density at radius 2 is 1.95 bits per heavy atom. The predicted molar refractivity (Wildman–Crippen MR) is 72.8 cm³/mol. The van der Waals surface area contributed by atoms with Crippen molar-refractivity contribution in [2.24, 2.45) is 0 Å². The lowest BCUT2D eigenvalue weighted by Crippen LogP contribution is -2.28. The summed E-state index contributed by atoms with van der Waals surface area (Å²) < 4.78 is 15.6. The van der Waals surface area contributed by atoms with Gasteiger partial charge in [0.05, 0.1) is 12.7 Å². The number of esters is 2. The zero-order chi connectivity index (χ0) is 14.9. The Bertz CT molecular complexity index is 599. The fourth-order valence-corrected chi connectivity index (χ4v) is 1.91. The van der Waals surface area contributed by atoms with Gasteiger partial charge in [0, 0.05) is 12.5 Å². The summed E-state index contributed by atoms with van der Waals surface area (Å²) in [5, 5.41) is 0. The van der Waals surface area contributed by atoms with E-state index in [1.165, 1.54) is 20.1 Å². The molecule has 0 saturated carbocycles. The average Bonchev–Trinajstić information content (AvgIpc) is 2.37. The van der Waals surface area contributed by atoms with Gasteiger partial charge in [-0.2, -0.15) is 0 Å². The molecule has 20 heavy (non-hydrogen) atoms. The van der Waals surface area contributed by atoms with Gasteiger partial charge in [-0.3, -0.25) is 4.79 Å². The van der Waals surface area contributed by atoms with Crippen LogP contribution in [0.3, 0.4) is 0 Å². The molecular weight excluding hydrogens is 260 g/mol. The molecule has 1 aromatic rings. The van der Waals surface area contributed by atoms with Crippen molar-refractivity contribution < 1.29 is 23.8 Å². The van der Waals surface area contributed by atoms with Gasteiger partial charge in [0.15, 0.2) is 11.5 Å². The molecule has 0 saturated heterocycles. The molecule has 1 heterocycles. The maximum Gasteiger partial charge on any atom is 0.338 e. The Morgan fingerprint density at radius 1 is 1.25 bits per heavy atom. The van der Waals surface area contributed by atoms with Crippen LogP contribution in [0.15, 0.2) is 18.2 Å². The van der Waals surface area contributed by atoms with Gasteiger partial charge >= 0.3 is 11.9 Å². The van der Waals surface area contributed by atoms with Crippen molar-refractivity contribution in [1.29, 1.82) is 0 Å². The molecule has 5 nitrogen and oxygen atoms in total. The second-order valence-electron chi connectivity index (χ2n) is 5.02. The van der Waals surface area contributed by atoms with Gasteiger partial charge in [0.2, 0.25) is 0 Å². The van der Waals surface area contributed by atoms with Gasteiger partial charge in [-0.25, -0.2) is 4.79 Å². The molecule has 0 aromatic heterocycles. The van der Waals surface area contributed by atoms with E-state index >= 15 is 0 Å². The summed E-state index contributed by atoms with van der Waals surface area (Å²) in [5.41, 5.74) is 0.466. The fourth-order valence-electron chi connectivity index (χ4n) is 1.91. The van der Waals surface area contributed by atoms with E-state index in [1.807, 2.05) is 26.0 Å². The number of carbonyl (C=O) groups excluding carboxylic acids is 2. The minimum absolute atomic E-state index is 0.216. The minimum atomic E-state index is -0.505. The summed E-state index contributed by atoms with van der Waals surface area (Å²) in [6.07, 6.45) is 3.70. The molecule has 1 aliphatic heterocycles. The number of fused-ring (bicyclic) bond motifs is 1. The average molecular weight is 276 g/mol. The second-order valence-corrected chi connectivity index (χ2v) is 5.02. The lowest BCUT2D eigenvalue weighted by molar-refractivity contribution is -0.132. The van der Waals surface area contributed by atoms with Gasteiger partial charge < -0.3 is 14.2 Å². The highest BCUT2D eigenvalue weighted by Crippen LogP contribution is 2.40. The van der Waals surface area contributed by atoms with E-state index in [0.717, 1.165) is 0 Å². The minimum Gasteiger partial charge on any atom is -0.479 e. The van der Waals surface area contributed by atoms with Crippen molar-refractivity contribution in [2.75, 3.05) is 7.11 Å². The van der Waals surface area contributed by atoms with E-state index in [9.17, 15) is 9.59 Å². The van der Waals surface area contributed by atoms with Crippen molar-refractivity contribution in [3.63, 3.8) is 0 Å². The molecule has 1 aromatic carbocycles. The summed E-state index contributed by atoms with van der Waals surface area (Å²) >= 11 is 0. The predicted octanol–water partition coefficient (Wildman–Crippen LogP) is 2.58. The van der Waals surface area contributed by atoms with Crippen LogP contribution in [0.5, 0.6) is 11.5 Å². The molecule has 0 N–H and O–H groups in total. The lowest BCUT2D eigenvalue weighted by Gasteiger charge is -2.29. The molecule has 0 radical (unpaired) electrons. The Morgan fingerprint density at radius 3 is 2.55 bits per heavy atom. The van der Waals surface area contributed by atoms with E-state index in [1.54, 1.807) is 6.07 Å². The number of hydrogen-bond acceptors (Lipinski definition) is 5. The number of rotatable bonds is 2. The van der Waals surface area contributed by atoms with Crippen LogP contribution in [-0.4, -0.2) is 24.6 Å². The first-order chi connectivity index (χ1) is 9.32. The quantitative estimate of drug-likeness (QED) is 0.613. The van der Waals surface area contributed by atoms with E-state index in [-0.39, 0.29) is 5.75 Å². The number of carbonyl (C=O) groups is 2. The van der Waals surface area contributed by atoms with E-state index in [4.69, 9.17) is 9.47 Å². The molecule has 0 atom stereocenters. The van der Waals surface area contributed by atoms with Crippen LogP contribution in [0.4, 0.5) is 0 Å². The third-order valence-electron chi connectivity index (χ3n) is 2.79. The lowest BCUT2D eigenvalue weighted by atomic mass is 10.00. The first kappa shape index (κ1) is 14.1. The summed E-state index contributed by atoms with van der Waals surface area (Å²) in [7, 11) is 1.29. The Kier molecular flexibility index (Phi) is 3.53. The summed E-state index contributed by atoms with van der Waals surface area (Å²) in [6.45, 7) is 5.07. The third-order valence-corrected chi connectivity index (χ3v) is 2.79. The van der Waals surface area contributed by atoms with E-state index in [2.05, 4.69) is 4.74 Å². The molecule has 0 bridgehead atoms. The highest BCUT2D eigenvalue weighted by Gasteiger charge is 2.27. The second kappa shape index (κ2) is 5.00. The first-order valence-electron chi connectivity index (χ1n) is 6.15. The molecule has 2 rings (SSSR count). The zero-order valence-corrected chi connectivity index (χ0v) is 11.9. The largest absolute Gasteiger partial charge is 0.479 e. The van der Waals surface area contributed by atoms with Gasteiger partial charge in [-0.15, -0.1) is 0 Å². The Labute approximate surface area is 117 Å². The van der Waals surface area contributed by atoms with E-state index in [0.29, 0.717) is 16.9 Å². The Hall–Kier alpha value is -2.30. The van der Waals surface area contributed by atoms with Gasteiger partial charge in [-0.05, 0) is 32.1 Å². The van der Waals surface area contributed by atoms with Crippen molar-refractivity contribution in [1.82, 2.24) is 0 Å². The van der Waals surface area contributed by atoms with Crippen LogP contribution >= 0.6 is 0 Å². The molecule has 0 unspecified atom stereocenters. The topological polar surface area (TPSA) is 61.8 Å². The van der Waals surface area contributed by atoms with Crippen molar-refractivity contribution in [2.45, 2.75) is 26.4 Å². The standard InChI is InChI=1S/C15H16O5/c1-9(16)19-12-8-11(14(17)18-4)7-10-5-6-15(2,3)20-13(10)12/h5-8H,1-4H3. The third kappa shape index (κ3) is 2.82. The maximum atomic E-state index is 11.6. The van der Waals surface area contributed by atoms with Crippen LogP contribution in [0, 0.1) is 0 Å². The molecule has 0 spiro atoms. The maximum absolute atomic E-state index is 11.6. The number of hydrogen-bond donors (Lipinski definition) is 0. The summed E-state index contributed by atoms with van der Waals surface area (Å²) in [6, 6.07) is 3.08. The molecule has 1 aliphatic rings. The fraction of sp³-hybridized carbons (Fsp3) is 0.333. The number of benzene rings is 1. The van der Waals surface area contributed by atoms with Crippen molar-refractivity contribution in [3.05, 3.63) is 29.3 Å². The van der Waals surface area contributed by atoms with Crippen molar-refractivity contribution in [3.8, 4) is 11.5 Å². The molecule has 106 valence electrons. The highest BCUT2D eigenvalue weighted by atomic mass is 16.6. The van der Waals surface area contributed by atoms with Crippen LogP contribution in [0.1, 0.15) is 36.7 Å². The molecule has 0 fully saturated rings. The summed E-state index contributed by atoms with van der Waals surface area (Å²) in [5.74, 6) is -0.321. The van der Waals surface area contributed by atoms with E-state index < -0.39 is 17.5 Å². The van der Waals surface area contributed by atoms with Crippen LogP contribution in [0.25, 0.3) is 6.08 Å². The van der Waals surface area contributed by atoms with Crippen LogP contribution < -0.4 is 9.47 Å². The van der Waals surface area contributed by atoms with Crippen LogP contribution in [-0.2, 0) is 9.53 Å². The van der Waals surface area contributed by atoms with Gasteiger partial charge in [-0.1, -0.05) is 6.08 Å². The summed E-state index contributed by atoms with van der Waals surface area (Å²) in [4.78, 5) is 22.8. The normalized spacial score (nSPS) is 15.0. The molecule has 5 heteroatoms.